The summed E-state index contributed by atoms with van der Waals surface area (Å²) < 4.78 is 38.5. The number of carbonyl (C=O) groups excluding carboxylic acids is 2. The van der Waals surface area contributed by atoms with Gasteiger partial charge in [-0.3, -0.25) is 4.79 Å². The van der Waals surface area contributed by atoms with Gasteiger partial charge >= 0.3 is 12.2 Å². The molecule has 1 atom stereocenters. The summed E-state index contributed by atoms with van der Waals surface area (Å²) in [6, 6.07) is 3.48. The van der Waals surface area contributed by atoms with Crippen LogP contribution in [-0.4, -0.2) is 42.0 Å². The van der Waals surface area contributed by atoms with Crippen molar-refractivity contribution in [3.63, 3.8) is 0 Å². The van der Waals surface area contributed by atoms with E-state index >= 15 is 0 Å². The molecule has 0 radical (unpaired) electrons. The maximum Gasteiger partial charge on any atom is 0.416 e. The van der Waals surface area contributed by atoms with Crippen molar-refractivity contribution in [3.8, 4) is 0 Å². The van der Waals surface area contributed by atoms with Crippen LogP contribution < -0.4 is 10.2 Å². The second-order valence-electron chi connectivity index (χ2n) is 6.01. The van der Waals surface area contributed by atoms with Crippen LogP contribution in [-0.2, 0) is 11.0 Å². The molecule has 1 aliphatic rings. The van der Waals surface area contributed by atoms with Gasteiger partial charge in [0.1, 0.15) is 6.04 Å². The Kier molecular flexibility index (Phi) is 5.05. The number of nitrogens with zero attached hydrogens (tertiary/aromatic N) is 2. The van der Waals surface area contributed by atoms with E-state index in [-0.39, 0.29) is 30.8 Å². The van der Waals surface area contributed by atoms with E-state index in [0.29, 0.717) is 0 Å². The molecule has 24 heavy (non-hydrogen) atoms. The molecule has 1 unspecified atom stereocenters. The number of amides is 3. The van der Waals surface area contributed by atoms with Crippen molar-refractivity contribution >= 4 is 17.6 Å². The SMILES string of the molecule is CC(C)NC(=O)N1CCN(c2cccc(C(F)(F)F)c2)C(=O)C1C. The molecule has 3 amide bonds. The van der Waals surface area contributed by atoms with Crippen LogP contribution in [0.5, 0.6) is 0 Å². The van der Waals surface area contributed by atoms with Crippen molar-refractivity contribution in [1.29, 1.82) is 0 Å². The van der Waals surface area contributed by atoms with E-state index in [1.165, 1.54) is 21.9 Å². The van der Waals surface area contributed by atoms with Gasteiger partial charge in [-0.25, -0.2) is 4.79 Å². The van der Waals surface area contributed by atoms with Gasteiger partial charge in [0, 0.05) is 24.8 Å². The first-order chi connectivity index (χ1) is 11.1. The highest BCUT2D eigenvalue weighted by atomic mass is 19.4. The van der Waals surface area contributed by atoms with Gasteiger partial charge in [-0.1, -0.05) is 6.07 Å². The molecule has 0 saturated carbocycles. The zero-order valence-electron chi connectivity index (χ0n) is 13.7. The summed E-state index contributed by atoms with van der Waals surface area (Å²) in [4.78, 5) is 27.3. The number of benzene rings is 1. The third kappa shape index (κ3) is 3.80. The highest BCUT2D eigenvalue weighted by molar-refractivity contribution is 6.00. The second kappa shape index (κ2) is 6.70. The van der Waals surface area contributed by atoms with Crippen molar-refractivity contribution in [3.05, 3.63) is 29.8 Å². The van der Waals surface area contributed by atoms with Crippen LogP contribution in [0.2, 0.25) is 0 Å². The fourth-order valence-corrected chi connectivity index (χ4v) is 2.58. The number of rotatable bonds is 2. The number of carbonyl (C=O) groups is 2. The van der Waals surface area contributed by atoms with Crippen LogP contribution in [0.1, 0.15) is 26.3 Å². The minimum atomic E-state index is -4.47. The first-order valence-corrected chi connectivity index (χ1v) is 7.67. The van der Waals surface area contributed by atoms with Gasteiger partial charge in [-0.2, -0.15) is 13.2 Å². The average Bonchev–Trinajstić information content (AvgIpc) is 2.48. The number of nitrogens with one attached hydrogen (secondary N) is 1. The standard InChI is InChI=1S/C16H20F3N3O2/c1-10(2)20-15(24)21-7-8-22(14(23)11(21)3)13-6-4-5-12(9-13)16(17,18)19/h4-6,9-11H,7-8H2,1-3H3,(H,20,24). The molecule has 1 N–H and O–H groups in total. The first-order valence-electron chi connectivity index (χ1n) is 7.67. The number of anilines is 1. The van der Waals surface area contributed by atoms with Crippen LogP contribution in [0.4, 0.5) is 23.7 Å². The Hall–Kier alpha value is -2.25. The number of alkyl halides is 3. The van der Waals surface area contributed by atoms with Gasteiger partial charge in [0.05, 0.1) is 5.56 Å². The Bertz CT molecular complexity index is 631. The Morgan fingerprint density at radius 1 is 1.29 bits per heavy atom. The first kappa shape index (κ1) is 18.1. The summed E-state index contributed by atoms with van der Waals surface area (Å²) in [5, 5.41) is 2.71. The van der Waals surface area contributed by atoms with E-state index in [0.717, 1.165) is 12.1 Å². The summed E-state index contributed by atoms with van der Waals surface area (Å²) in [7, 11) is 0. The van der Waals surface area contributed by atoms with Crippen molar-refractivity contribution in [2.75, 3.05) is 18.0 Å². The summed E-state index contributed by atoms with van der Waals surface area (Å²) in [6.45, 7) is 5.59. The minimum absolute atomic E-state index is 0.0682. The lowest BCUT2D eigenvalue weighted by Crippen LogP contribution is -2.60. The fourth-order valence-electron chi connectivity index (χ4n) is 2.58. The lowest BCUT2D eigenvalue weighted by atomic mass is 10.1. The molecular weight excluding hydrogens is 323 g/mol. The molecule has 1 aromatic carbocycles. The van der Waals surface area contributed by atoms with E-state index in [4.69, 9.17) is 0 Å². The predicted octanol–water partition coefficient (Wildman–Crippen LogP) is 2.86. The quantitative estimate of drug-likeness (QED) is 0.898. The average molecular weight is 343 g/mol. The van der Waals surface area contributed by atoms with Gasteiger partial charge in [0.25, 0.3) is 0 Å². The molecule has 0 aliphatic carbocycles. The summed E-state index contributed by atoms with van der Waals surface area (Å²) in [5.74, 6) is -0.403. The van der Waals surface area contributed by atoms with E-state index in [1.807, 2.05) is 13.8 Å². The van der Waals surface area contributed by atoms with Gasteiger partial charge in [0.15, 0.2) is 0 Å². The lowest BCUT2D eigenvalue weighted by Gasteiger charge is -2.39. The molecule has 1 saturated heterocycles. The lowest BCUT2D eigenvalue weighted by molar-refractivity contribution is -0.137. The molecule has 0 spiro atoms. The highest BCUT2D eigenvalue weighted by Crippen LogP contribution is 2.32. The molecule has 0 bridgehead atoms. The molecule has 1 aromatic rings. The molecule has 1 fully saturated rings. The smallest absolute Gasteiger partial charge is 0.336 e. The van der Waals surface area contributed by atoms with E-state index in [1.54, 1.807) is 6.92 Å². The Balaban J connectivity index is 2.19. The molecule has 1 aliphatic heterocycles. The number of hydrogen-bond donors (Lipinski definition) is 1. The molecule has 8 heteroatoms. The molecular formula is C16H20F3N3O2. The van der Waals surface area contributed by atoms with Crippen molar-refractivity contribution in [1.82, 2.24) is 10.2 Å². The van der Waals surface area contributed by atoms with E-state index in [9.17, 15) is 22.8 Å². The minimum Gasteiger partial charge on any atom is -0.336 e. The van der Waals surface area contributed by atoms with Crippen molar-refractivity contribution in [2.24, 2.45) is 0 Å². The maximum atomic E-state index is 12.8. The zero-order chi connectivity index (χ0) is 18.1. The monoisotopic (exact) mass is 343 g/mol. The normalized spacial score (nSPS) is 19.0. The van der Waals surface area contributed by atoms with Crippen LogP contribution >= 0.6 is 0 Å². The number of hydrogen-bond acceptors (Lipinski definition) is 2. The molecule has 5 nitrogen and oxygen atoms in total. The predicted molar refractivity (Wildman–Crippen MR) is 83.6 cm³/mol. The van der Waals surface area contributed by atoms with E-state index < -0.39 is 23.7 Å². The van der Waals surface area contributed by atoms with Gasteiger partial charge in [-0.15, -0.1) is 0 Å². The molecule has 132 valence electrons. The van der Waals surface area contributed by atoms with Crippen LogP contribution in [0.3, 0.4) is 0 Å². The topological polar surface area (TPSA) is 52.7 Å². The van der Waals surface area contributed by atoms with Crippen molar-refractivity contribution < 1.29 is 22.8 Å². The van der Waals surface area contributed by atoms with Crippen LogP contribution in [0, 0.1) is 0 Å². The number of piperazine rings is 1. The Morgan fingerprint density at radius 2 is 1.96 bits per heavy atom. The van der Waals surface area contributed by atoms with Gasteiger partial charge in [0.2, 0.25) is 5.91 Å². The van der Waals surface area contributed by atoms with E-state index in [2.05, 4.69) is 5.32 Å². The van der Waals surface area contributed by atoms with Crippen LogP contribution in [0.25, 0.3) is 0 Å². The Labute approximate surface area is 138 Å². The zero-order valence-corrected chi connectivity index (χ0v) is 13.7. The number of halogens is 3. The summed E-state index contributed by atoms with van der Waals surface area (Å²) in [5.41, 5.74) is -0.619. The van der Waals surface area contributed by atoms with Crippen LogP contribution in [0.15, 0.2) is 24.3 Å². The van der Waals surface area contributed by atoms with Crippen molar-refractivity contribution in [2.45, 2.75) is 39.0 Å². The molecule has 0 aromatic heterocycles. The maximum absolute atomic E-state index is 12.8. The summed E-state index contributed by atoms with van der Waals surface area (Å²) in [6.07, 6.45) is -4.47. The summed E-state index contributed by atoms with van der Waals surface area (Å²) >= 11 is 0. The Morgan fingerprint density at radius 3 is 2.54 bits per heavy atom. The second-order valence-corrected chi connectivity index (χ2v) is 6.01. The molecule has 2 rings (SSSR count). The third-order valence-corrected chi connectivity index (χ3v) is 3.81. The van der Waals surface area contributed by atoms with Gasteiger partial charge < -0.3 is 15.1 Å². The fraction of sp³-hybridized carbons (Fsp3) is 0.500. The molecule has 1 heterocycles. The highest BCUT2D eigenvalue weighted by Gasteiger charge is 2.36. The van der Waals surface area contributed by atoms with Gasteiger partial charge in [-0.05, 0) is 39.0 Å². The third-order valence-electron chi connectivity index (χ3n) is 3.81. The number of urea groups is 1. The largest absolute Gasteiger partial charge is 0.416 e.